The highest BCUT2D eigenvalue weighted by atomic mass is 32.2. The lowest BCUT2D eigenvalue weighted by atomic mass is 10.0. The molecule has 0 aromatic rings. The fourth-order valence-electron chi connectivity index (χ4n) is 1.53. The van der Waals surface area contributed by atoms with E-state index in [2.05, 4.69) is 11.7 Å². The smallest absolute Gasteiger partial charge is 0.138 e. The second kappa shape index (κ2) is 7.07. The first kappa shape index (κ1) is 15.4. The number of rotatable bonds is 4. The van der Waals surface area contributed by atoms with Crippen molar-refractivity contribution in [2.75, 3.05) is 6.61 Å². The highest BCUT2D eigenvalue weighted by molar-refractivity contribution is 8.14. The van der Waals surface area contributed by atoms with Gasteiger partial charge in [-0.2, -0.15) is 0 Å². The number of nitrogens with zero attached hydrogens (tertiary/aromatic N) is 1. The third-order valence-corrected chi connectivity index (χ3v) is 3.67. The minimum atomic E-state index is -1.43. The molecule has 0 radical (unpaired) electrons. The maximum absolute atomic E-state index is 9.73. The molecule has 5 unspecified atom stereocenters. The molecule has 7 nitrogen and oxygen atoms in total. The molecule has 0 aromatic carbocycles. The summed E-state index contributed by atoms with van der Waals surface area (Å²) >= 11 is 0.898. The van der Waals surface area contributed by atoms with Gasteiger partial charge in [-0.25, -0.2) is 0 Å². The van der Waals surface area contributed by atoms with E-state index in [9.17, 15) is 15.3 Å². The van der Waals surface area contributed by atoms with Crippen LogP contribution in [-0.4, -0.2) is 67.1 Å². The first-order valence-electron chi connectivity index (χ1n) is 5.34. The highest BCUT2D eigenvalue weighted by Crippen LogP contribution is 2.29. The Morgan fingerprint density at radius 3 is 2.44 bits per heavy atom. The Kier molecular flexibility index (Phi) is 6.06. The van der Waals surface area contributed by atoms with Gasteiger partial charge in [-0.1, -0.05) is 23.0 Å². The van der Waals surface area contributed by atoms with Crippen molar-refractivity contribution < 1.29 is 30.4 Å². The number of aliphatic hydroxyl groups is 4. The second-order valence-electron chi connectivity index (χ2n) is 3.80. The lowest BCUT2D eigenvalue weighted by Gasteiger charge is -2.39. The monoisotopic (exact) mass is 279 g/mol. The molecule has 0 aliphatic carbocycles. The van der Waals surface area contributed by atoms with Crippen LogP contribution >= 0.6 is 11.8 Å². The first-order chi connectivity index (χ1) is 8.54. The Bertz CT molecular complexity index is 311. The molecule has 1 saturated heterocycles. The van der Waals surface area contributed by atoms with Gasteiger partial charge in [0.15, 0.2) is 0 Å². The molecule has 104 valence electrons. The summed E-state index contributed by atoms with van der Waals surface area (Å²) in [5, 5.41) is 49.8. The van der Waals surface area contributed by atoms with Crippen LogP contribution in [0, 0.1) is 0 Å². The number of allylic oxidation sites excluding steroid dienone is 1. The predicted molar refractivity (Wildman–Crippen MR) is 65.4 cm³/mol. The summed E-state index contributed by atoms with van der Waals surface area (Å²) in [5.41, 5.74) is -0.939. The standard InChI is InChI=1S/C10H17NO6S/c1-2-3-6(11-16)18-10-9(15)8(14)7(13)5(4-12)17-10/h2,5,7-10,12-16H,1,3-4H2. The van der Waals surface area contributed by atoms with Crippen LogP contribution in [-0.2, 0) is 4.74 Å². The molecule has 0 spiro atoms. The lowest BCUT2D eigenvalue weighted by molar-refractivity contribution is -0.205. The van der Waals surface area contributed by atoms with Crippen LogP contribution in [0.25, 0.3) is 0 Å². The number of hydrogen-bond donors (Lipinski definition) is 5. The van der Waals surface area contributed by atoms with Crippen LogP contribution in [0.2, 0.25) is 0 Å². The third-order valence-electron chi connectivity index (χ3n) is 2.53. The molecule has 8 heteroatoms. The van der Waals surface area contributed by atoms with Gasteiger partial charge in [0.05, 0.1) is 6.61 Å². The Morgan fingerprint density at radius 1 is 1.28 bits per heavy atom. The molecule has 1 rings (SSSR count). The lowest BCUT2D eigenvalue weighted by Crippen LogP contribution is -2.57. The van der Waals surface area contributed by atoms with Crippen LogP contribution in [0.4, 0.5) is 0 Å². The van der Waals surface area contributed by atoms with Crippen LogP contribution < -0.4 is 0 Å². The fourth-order valence-corrected chi connectivity index (χ4v) is 2.56. The van der Waals surface area contributed by atoms with Crippen molar-refractivity contribution in [1.82, 2.24) is 0 Å². The molecule has 0 amide bonds. The van der Waals surface area contributed by atoms with Crippen LogP contribution in [0.1, 0.15) is 6.42 Å². The summed E-state index contributed by atoms with van der Waals surface area (Å²) in [5.74, 6) is 0. The van der Waals surface area contributed by atoms with Gasteiger partial charge in [0.2, 0.25) is 0 Å². The summed E-state index contributed by atoms with van der Waals surface area (Å²) in [4.78, 5) is 0. The summed E-state index contributed by atoms with van der Waals surface area (Å²) in [6.07, 6.45) is -3.37. The molecule has 1 fully saturated rings. The summed E-state index contributed by atoms with van der Waals surface area (Å²) in [7, 11) is 0. The van der Waals surface area contributed by atoms with Gasteiger partial charge in [0, 0.05) is 6.42 Å². The topological polar surface area (TPSA) is 123 Å². The Hall–Kier alpha value is -0.640. The van der Waals surface area contributed by atoms with Gasteiger partial charge in [0.1, 0.15) is 34.9 Å². The van der Waals surface area contributed by atoms with Crippen molar-refractivity contribution in [2.24, 2.45) is 5.16 Å². The van der Waals surface area contributed by atoms with E-state index in [1.54, 1.807) is 0 Å². The van der Waals surface area contributed by atoms with Crippen molar-refractivity contribution in [3.8, 4) is 0 Å². The average Bonchev–Trinajstić information content (AvgIpc) is 2.38. The Labute approximate surface area is 108 Å². The molecule has 0 bridgehead atoms. The van der Waals surface area contributed by atoms with E-state index in [1.807, 2.05) is 0 Å². The molecule has 1 aliphatic heterocycles. The first-order valence-corrected chi connectivity index (χ1v) is 6.22. The molecule has 0 aromatic heterocycles. The number of aliphatic hydroxyl groups excluding tert-OH is 4. The fraction of sp³-hybridized carbons (Fsp3) is 0.700. The van der Waals surface area contributed by atoms with Gasteiger partial charge in [-0.15, -0.1) is 6.58 Å². The zero-order valence-corrected chi connectivity index (χ0v) is 10.4. The predicted octanol–water partition coefficient (Wildman–Crippen LogP) is -1.12. The van der Waals surface area contributed by atoms with E-state index in [0.717, 1.165) is 11.8 Å². The minimum absolute atomic E-state index is 0.245. The van der Waals surface area contributed by atoms with Crippen molar-refractivity contribution in [1.29, 1.82) is 0 Å². The summed E-state index contributed by atoms with van der Waals surface area (Å²) < 4.78 is 5.24. The van der Waals surface area contributed by atoms with Crippen molar-refractivity contribution in [2.45, 2.75) is 36.3 Å². The molecule has 0 saturated carbocycles. The van der Waals surface area contributed by atoms with E-state index in [-0.39, 0.29) is 11.5 Å². The van der Waals surface area contributed by atoms with Crippen molar-refractivity contribution >= 4 is 16.8 Å². The highest BCUT2D eigenvalue weighted by Gasteiger charge is 2.44. The second-order valence-corrected chi connectivity index (χ2v) is 4.97. The molecule has 1 heterocycles. The van der Waals surface area contributed by atoms with Gasteiger partial charge in [-0.05, 0) is 0 Å². The van der Waals surface area contributed by atoms with Gasteiger partial charge >= 0.3 is 0 Å². The van der Waals surface area contributed by atoms with Gasteiger partial charge in [0.25, 0.3) is 0 Å². The molecule has 5 N–H and O–H groups in total. The third kappa shape index (κ3) is 3.44. The maximum atomic E-state index is 9.73. The number of ether oxygens (including phenoxy) is 1. The average molecular weight is 279 g/mol. The van der Waals surface area contributed by atoms with Crippen molar-refractivity contribution in [3.05, 3.63) is 12.7 Å². The molecule has 18 heavy (non-hydrogen) atoms. The van der Waals surface area contributed by atoms with Crippen LogP contribution in [0.15, 0.2) is 17.8 Å². The number of thioether (sulfide) groups is 1. The van der Waals surface area contributed by atoms with E-state index in [0.29, 0.717) is 0 Å². The maximum Gasteiger partial charge on any atom is 0.138 e. The molecular weight excluding hydrogens is 262 g/mol. The van der Waals surface area contributed by atoms with Crippen LogP contribution in [0.3, 0.4) is 0 Å². The summed E-state index contributed by atoms with van der Waals surface area (Å²) in [6, 6.07) is 0. The normalized spacial score (nSPS) is 37.6. The number of hydrogen-bond acceptors (Lipinski definition) is 8. The zero-order chi connectivity index (χ0) is 13.7. The zero-order valence-electron chi connectivity index (χ0n) is 9.59. The summed E-state index contributed by atoms with van der Waals surface area (Å²) in [6.45, 7) is 2.99. The largest absolute Gasteiger partial charge is 0.410 e. The van der Waals surface area contributed by atoms with Gasteiger partial charge in [-0.3, -0.25) is 0 Å². The van der Waals surface area contributed by atoms with E-state index in [1.165, 1.54) is 6.08 Å². The van der Waals surface area contributed by atoms with Crippen molar-refractivity contribution in [3.63, 3.8) is 0 Å². The van der Waals surface area contributed by atoms with E-state index in [4.69, 9.17) is 15.1 Å². The molecule has 1 aliphatic rings. The number of oxime groups is 1. The molecular formula is C10H17NO6S. The minimum Gasteiger partial charge on any atom is -0.410 e. The Morgan fingerprint density at radius 2 is 1.94 bits per heavy atom. The quantitative estimate of drug-likeness (QED) is 0.145. The van der Waals surface area contributed by atoms with Crippen LogP contribution in [0.5, 0.6) is 0 Å². The van der Waals surface area contributed by atoms with Gasteiger partial charge < -0.3 is 30.4 Å². The van der Waals surface area contributed by atoms with E-state index >= 15 is 0 Å². The Balaban J connectivity index is 2.72. The van der Waals surface area contributed by atoms with E-state index < -0.39 is 36.5 Å². The molecule has 5 atom stereocenters. The SMILES string of the molecule is C=CCC(=NO)SC1OC(CO)C(O)C(O)C1O.